The molecule has 0 fully saturated rings. The molecule has 1 atom stereocenters. The molecule has 0 saturated heterocycles. The molecule has 0 aliphatic carbocycles. The van der Waals surface area contributed by atoms with Crippen molar-refractivity contribution >= 4 is 0 Å². The molecule has 6 nitrogen and oxygen atoms in total. The van der Waals surface area contributed by atoms with Crippen LogP contribution in [0.1, 0.15) is 32.7 Å². The monoisotopic (exact) mass is 186 g/mol. The van der Waals surface area contributed by atoms with Gasteiger partial charge in [-0.05, 0) is 26.0 Å². The summed E-state index contributed by atoms with van der Waals surface area (Å²) >= 11 is 0. The molecule has 74 valence electrons. The van der Waals surface area contributed by atoms with Crippen LogP contribution in [0, 0.1) is 0 Å². The zero-order valence-electron chi connectivity index (χ0n) is 7.97. The van der Waals surface area contributed by atoms with Crippen molar-refractivity contribution in [2.45, 2.75) is 32.4 Å². The second-order valence-electron chi connectivity index (χ2n) is 3.81. The SMILES string of the molecule is CC(C)(C)n1nnc(C(O)CO)n1. The van der Waals surface area contributed by atoms with Crippen LogP contribution in [0.2, 0.25) is 0 Å². The lowest BCUT2D eigenvalue weighted by molar-refractivity contribution is 0.0879. The normalized spacial score (nSPS) is 14.5. The van der Waals surface area contributed by atoms with E-state index in [0.29, 0.717) is 0 Å². The van der Waals surface area contributed by atoms with E-state index in [-0.39, 0.29) is 11.4 Å². The number of nitrogens with zero attached hydrogens (tertiary/aromatic N) is 4. The molecule has 0 saturated carbocycles. The van der Waals surface area contributed by atoms with Crippen LogP contribution in [0.3, 0.4) is 0 Å². The minimum absolute atomic E-state index is 0.150. The lowest BCUT2D eigenvalue weighted by atomic mass is 10.1. The molecule has 0 aromatic carbocycles. The predicted molar refractivity (Wildman–Crippen MR) is 44.9 cm³/mol. The average Bonchev–Trinajstić information content (AvgIpc) is 2.50. The molecule has 6 heteroatoms. The van der Waals surface area contributed by atoms with Crippen molar-refractivity contribution in [2.75, 3.05) is 6.61 Å². The number of aliphatic hydroxyl groups is 2. The van der Waals surface area contributed by atoms with Gasteiger partial charge in [-0.1, -0.05) is 0 Å². The summed E-state index contributed by atoms with van der Waals surface area (Å²) in [6, 6.07) is 0. The van der Waals surface area contributed by atoms with E-state index < -0.39 is 12.7 Å². The zero-order chi connectivity index (χ0) is 10.1. The van der Waals surface area contributed by atoms with E-state index in [9.17, 15) is 5.11 Å². The molecule has 1 rings (SSSR count). The van der Waals surface area contributed by atoms with Gasteiger partial charge < -0.3 is 10.2 Å². The van der Waals surface area contributed by atoms with Gasteiger partial charge in [0.25, 0.3) is 0 Å². The van der Waals surface area contributed by atoms with Crippen molar-refractivity contribution in [2.24, 2.45) is 0 Å². The first kappa shape index (κ1) is 10.1. The van der Waals surface area contributed by atoms with Crippen LogP contribution in [0.4, 0.5) is 0 Å². The number of aromatic nitrogens is 4. The summed E-state index contributed by atoms with van der Waals surface area (Å²) in [6.45, 7) is 5.37. The minimum Gasteiger partial charge on any atom is -0.393 e. The van der Waals surface area contributed by atoms with E-state index in [4.69, 9.17) is 5.11 Å². The molecule has 1 aromatic heterocycles. The molecule has 1 unspecified atom stereocenters. The van der Waals surface area contributed by atoms with Gasteiger partial charge in [0, 0.05) is 0 Å². The molecule has 0 aliphatic heterocycles. The molecule has 1 aromatic rings. The van der Waals surface area contributed by atoms with Crippen LogP contribution in [0.25, 0.3) is 0 Å². The fraction of sp³-hybridized carbons (Fsp3) is 0.857. The van der Waals surface area contributed by atoms with Gasteiger partial charge in [-0.3, -0.25) is 0 Å². The predicted octanol–water partition coefficient (Wildman–Crippen LogP) is -0.546. The maximum Gasteiger partial charge on any atom is 0.205 e. The first-order chi connectivity index (χ1) is 5.95. The van der Waals surface area contributed by atoms with Crippen molar-refractivity contribution in [1.82, 2.24) is 20.2 Å². The Bertz CT molecular complexity index is 278. The van der Waals surface area contributed by atoms with Crippen molar-refractivity contribution in [3.05, 3.63) is 5.82 Å². The Labute approximate surface area is 76.2 Å². The molecule has 0 bridgehead atoms. The second kappa shape index (κ2) is 3.39. The average molecular weight is 186 g/mol. The Morgan fingerprint density at radius 2 is 2.08 bits per heavy atom. The number of hydrogen-bond donors (Lipinski definition) is 2. The van der Waals surface area contributed by atoms with Gasteiger partial charge in [-0.25, -0.2) is 0 Å². The van der Waals surface area contributed by atoms with Crippen LogP contribution < -0.4 is 0 Å². The van der Waals surface area contributed by atoms with Crippen LogP contribution in [0.5, 0.6) is 0 Å². The molecule has 0 radical (unpaired) electrons. The van der Waals surface area contributed by atoms with Gasteiger partial charge in [0.1, 0.15) is 6.10 Å². The van der Waals surface area contributed by atoms with Crippen molar-refractivity contribution in [1.29, 1.82) is 0 Å². The van der Waals surface area contributed by atoms with Crippen molar-refractivity contribution < 1.29 is 10.2 Å². The largest absolute Gasteiger partial charge is 0.393 e. The molecule has 0 spiro atoms. The van der Waals surface area contributed by atoms with E-state index in [1.165, 1.54) is 4.80 Å². The number of hydrogen-bond acceptors (Lipinski definition) is 5. The lowest BCUT2D eigenvalue weighted by Crippen LogP contribution is -2.25. The Morgan fingerprint density at radius 3 is 2.46 bits per heavy atom. The van der Waals surface area contributed by atoms with Crippen LogP contribution in [-0.2, 0) is 5.54 Å². The number of aliphatic hydroxyl groups excluding tert-OH is 2. The second-order valence-corrected chi connectivity index (χ2v) is 3.81. The quantitative estimate of drug-likeness (QED) is 0.647. The third kappa shape index (κ3) is 2.22. The van der Waals surface area contributed by atoms with Crippen molar-refractivity contribution in [3.63, 3.8) is 0 Å². The van der Waals surface area contributed by atoms with Gasteiger partial charge in [-0.2, -0.15) is 4.80 Å². The molecule has 0 amide bonds. The summed E-state index contributed by atoms with van der Waals surface area (Å²) in [6.07, 6.45) is -1.05. The van der Waals surface area contributed by atoms with Crippen molar-refractivity contribution in [3.8, 4) is 0 Å². The van der Waals surface area contributed by atoms with Crippen LogP contribution in [-0.4, -0.2) is 37.0 Å². The Morgan fingerprint density at radius 1 is 1.46 bits per heavy atom. The van der Waals surface area contributed by atoms with Crippen LogP contribution >= 0.6 is 0 Å². The third-order valence-corrected chi connectivity index (χ3v) is 1.50. The van der Waals surface area contributed by atoms with Crippen LogP contribution in [0.15, 0.2) is 0 Å². The van der Waals surface area contributed by atoms with Gasteiger partial charge in [0.2, 0.25) is 5.82 Å². The van der Waals surface area contributed by atoms with E-state index >= 15 is 0 Å². The lowest BCUT2D eigenvalue weighted by Gasteiger charge is -2.15. The van der Waals surface area contributed by atoms with Gasteiger partial charge in [0.15, 0.2) is 0 Å². The summed E-state index contributed by atoms with van der Waals surface area (Å²) in [7, 11) is 0. The number of tetrazole rings is 1. The Hall–Kier alpha value is -1.01. The highest BCUT2D eigenvalue weighted by molar-refractivity contribution is 4.84. The summed E-state index contributed by atoms with van der Waals surface area (Å²) < 4.78 is 0. The molecule has 0 aliphatic rings. The maximum atomic E-state index is 9.18. The summed E-state index contributed by atoms with van der Waals surface area (Å²) in [5.74, 6) is 0.150. The first-order valence-electron chi connectivity index (χ1n) is 4.04. The highest BCUT2D eigenvalue weighted by Crippen LogP contribution is 2.11. The van der Waals surface area contributed by atoms with E-state index in [2.05, 4.69) is 15.4 Å². The summed E-state index contributed by atoms with van der Waals surface area (Å²) in [5.41, 5.74) is -0.263. The highest BCUT2D eigenvalue weighted by atomic mass is 16.3. The molecule has 13 heavy (non-hydrogen) atoms. The molecule has 1 heterocycles. The minimum atomic E-state index is -1.05. The highest BCUT2D eigenvalue weighted by Gasteiger charge is 2.19. The summed E-state index contributed by atoms with van der Waals surface area (Å²) in [5, 5.41) is 29.1. The fourth-order valence-corrected chi connectivity index (χ4v) is 0.724. The summed E-state index contributed by atoms with van der Waals surface area (Å²) in [4.78, 5) is 1.40. The Balaban J connectivity index is 2.87. The number of rotatable bonds is 2. The van der Waals surface area contributed by atoms with Gasteiger partial charge in [-0.15, -0.1) is 10.2 Å². The topological polar surface area (TPSA) is 84.1 Å². The van der Waals surface area contributed by atoms with E-state index in [1.54, 1.807) is 0 Å². The third-order valence-electron chi connectivity index (χ3n) is 1.50. The van der Waals surface area contributed by atoms with E-state index in [0.717, 1.165) is 0 Å². The Kier molecular flexibility index (Phi) is 2.63. The van der Waals surface area contributed by atoms with Gasteiger partial charge >= 0.3 is 0 Å². The smallest absolute Gasteiger partial charge is 0.205 e. The zero-order valence-corrected chi connectivity index (χ0v) is 7.97. The maximum absolute atomic E-state index is 9.18. The standard InChI is InChI=1S/C7H14N4O2/c1-7(2,3)11-9-6(8-10-11)5(13)4-12/h5,12-13H,4H2,1-3H3. The molecule has 2 N–H and O–H groups in total. The molecular weight excluding hydrogens is 172 g/mol. The van der Waals surface area contributed by atoms with E-state index in [1.807, 2.05) is 20.8 Å². The first-order valence-corrected chi connectivity index (χ1v) is 4.04. The van der Waals surface area contributed by atoms with Gasteiger partial charge in [0.05, 0.1) is 12.1 Å². The fourth-order valence-electron chi connectivity index (χ4n) is 0.724. The molecular formula is C7H14N4O2.